The predicted molar refractivity (Wildman–Crippen MR) is 44.2 cm³/mol. The molecule has 0 aromatic rings. The molecule has 0 saturated heterocycles. The minimum Gasteiger partial charge on any atom is -0.293 e. The van der Waals surface area contributed by atoms with E-state index in [-0.39, 0.29) is 0 Å². The zero-order valence-corrected chi connectivity index (χ0v) is 6.65. The van der Waals surface area contributed by atoms with E-state index in [1.54, 1.807) is 0 Å². The van der Waals surface area contributed by atoms with Crippen LogP contribution in [0.4, 0.5) is 0 Å². The average Bonchev–Trinajstić information content (AvgIpc) is 1.83. The SMILES string of the molecule is CC1=NCCC#CC(C)C1. The minimum absolute atomic E-state index is 0.504. The molecule has 0 amide bonds. The summed E-state index contributed by atoms with van der Waals surface area (Å²) in [4.78, 5) is 4.35. The van der Waals surface area contributed by atoms with Crippen LogP contribution in [-0.4, -0.2) is 12.3 Å². The Hall–Kier alpha value is -0.770. The zero-order valence-electron chi connectivity index (χ0n) is 6.65. The van der Waals surface area contributed by atoms with Crippen LogP contribution < -0.4 is 0 Å². The van der Waals surface area contributed by atoms with Crippen LogP contribution in [0.2, 0.25) is 0 Å². The zero-order chi connectivity index (χ0) is 7.40. The van der Waals surface area contributed by atoms with Crippen molar-refractivity contribution in [3.8, 4) is 11.8 Å². The van der Waals surface area contributed by atoms with E-state index >= 15 is 0 Å². The van der Waals surface area contributed by atoms with Crippen LogP contribution in [0.3, 0.4) is 0 Å². The molecule has 1 rings (SSSR count). The predicted octanol–water partition coefficient (Wildman–Crippen LogP) is 1.88. The monoisotopic (exact) mass is 135 g/mol. The maximum absolute atomic E-state index is 4.35. The van der Waals surface area contributed by atoms with Crippen molar-refractivity contribution in [3.05, 3.63) is 0 Å². The molecule has 0 fully saturated rings. The Morgan fingerprint density at radius 2 is 2.40 bits per heavy atom. The van der Waals surface area contributed by atoms with E-state index in [0.29, 0.717) is 5.92 Å². The summed E-state index contributed by atoms with van der Waals surface area (Å²) in [6, 6.07) is 0. The van der Waals surface area contributed by atoms with Gasteiger partial charge in [-0.1, -0.05) is 12.8 Å². The van der Waals surface area contributed by atoms with Crippen molar-refractivity contribution < 1.29 is 0 Å². The van der Waals surface area contributed by atoms with Crippen LogP contribution >= 0.6 is 0 Å². The number of rotatable bonds is 0. The van der Waals surface area contributed by atoms with Crippen molar-refractivity contribution in [2.45, 2.75) is 26.7 Å². The van der Waals surface area contributed by atoms with Crippen molar-refractivity contribution in [2.24, 2.45) is 10.9 Å². The Bertz CT molecular complexity index is 193. The van der Waals surface area contributed by atoms with Crippen LogP contribution in [0, 0.1) is 17.8 Å². The Labute approximate surface area is 62.5 Å². The highest BCUT2D eigenvalue weighted by molar-refractivity contribution is 5.82. The van der Waals surface area contributed by atoms with E-state index in [0.717, 1.165) is 19.4 Å². The van der Waals surface area contributed by atoms with Gasteiger partial charge in [0.05, 0.1) is 0 Å². The highest BCUT2D eigenvalue weighted by Crippen LogP contribution is 2.04. The van der Waals surface area contributed by atoms with Gasteiger partial charge >= 0.3 is 0 Å². The Morgan fingerprint density at radius 3 is 3.20 bits per heavy atom. The lowest BCUT2D eigenvalue weighted by Crippen LogP contribution is -2.02. The summed E-state index contributed by atoms with van der Waals surface area (Å²) >= 11 is 0. The fourth-order valence-corrected chi connectivity index (χ4v) is 1.11. The van der Waals surface area contributed by atoms with Gasteiger partial charge in [0.2, 0.25) is 0 Å². The minimum atomic E-state index is 0.504. The molecular formula is C9H13N. The molecule has 0 aromatic heterocycles. The molecule has 0 aromatic carbocycles. The molecule has 1 nitrogen and oxygen atoms in total. The van der Waals surface area contributed by atoms with E-state index in [4.69, 9.17) is 0 Å². The molecule has 0 aliphatic carbocycles. The summed E-state index contributed by atoms with van der Waals surface area (Å²) in [6.07, 6.45) is 1.98. The molecule has 54 valence electrons. The molecule has 0 N–H and O–H groups in total. The molecule has 1 aliphatic rings. The number of aliphatic imine (C=N–C) groups is 1. The van der Waals surface area contributed by atoms with Crippen LogP contribution in [0.5, 0.6) is 0 Å². The molecule has 1 aliphatic heterocycles. The third-order valence-corrected chi connectivity index (χ3v) is 1.57. The maximum atomic E-state index is 4.35. The van der Waals surface area contributed by atoms with Gasteiger partial charge < -0.3 is 0 Å². The van der Waals surface area contributed by atoms with E-state index in [2.05, 4.69) is 30.7 Å². The molecular weight excluding hydrogens is 122 g/mol. The second-order valence-corrected chi connectivity index (χ2v) is 2.79. The van der Waals surface area contributed by atoms with Gasteiger partial charge in [-0.25, -0.2) is 0 Å². The first-order chi connectivity index (χ1) is 4.79. The van der Waals surface area contributed by atoms with Gasteiger partial charge in [0.1, 0.15) is 0 Å². The summed E-state index contributed by atoms with van der Waals surface area (Å²) in [5, 5.41) is 0. The Balaban J connectivity index is 2.58. The van der Waals surface area contributed by atoms with Crippen LogP contribution in [-0.2, 0) is 0 Å². The van der Waals surface area contributed by atoms with Crippen molar-refractivity contribution in [1.29, 1.82) is 0 Å². The fraction of sp³-hybridized carbons (Fsp3) is 0.667. The van der Waals surface area contributed by atoms with Gasteiger partial charge in [-0.15, -0.1) is 5.92 Å². The molecule has 1 heteroatoms. The lowest BCUT2D eigenvalue weighted by atomic mass is 10.0. The van der Waals surface area contributed by atoms with Crippen LogP contribution in [0.15, 0.2) is 4.99 Å². The Morgan fingerprint density at radius 1 is 1.60 bits per heavy atom. The number of hydrogen-bond acceptors (Lipinski definition) is 1. The molecule has 10 heavy (non-hydrogen) atoms. The highest BCUT2D eigenvalue weighted by atomic mass is 14.7. The van der Waals surface area contributed by atoms with Gasteiger partial charge in [0, 0.05) is 24.6 Å². The van der Waals surface area contributed by atoms with E-state index in [1.165, 1.54) is 5.71 Å². The molecule has 0 bridgehead atoms. The first-order valence-electron chi connectivity index (χ1n) is 3.77. The van der Waals surface area contributed by atoms with Gasteiger partial charge in [0.15, 0.2) is 0 Å². The Kier molecular flexibility index (Phi) is 2.50. The maximum Gasteiger partial charge on any atom is 0.0498 e. The van der Waals surface area contributed by atoms with Crippen LogP contribution in [0.1, 0.15) is 26.7 Å². The van der Waals surface area contributed by atoms with Crippen molar-refractivity contribution in [2.75, 3.05) is 6.54 Å². The summed E-state index contributed by atoms with van der Waals surface area (Å²) in [6.45, 7) is 5.13. The summed E-state index contributed by atoms with van der Waals surface area (Å²) in [5.41, 5.74) is 1.25. The summed E-state index contributed by atoms with van der Waals surface area (Å²) < 4.78 is 0. The quantitative estimate of drug-likeness (QED) is 0.450. The van der Waals surface area contributed by atoms with E-state index in [9.17, 15) is 0 Å². The largest absolute Gasteiger partial charge is 0.293 e. The molecule has 0 spiro atoms. The van der Waals surface area contributed by atoms with Crippen molar-refractivity contribution in [3.63, 3.8) is 0 Å². The number of hydrogen-bond donors (Lipinski definition) is 0. The molecule has 1 heterocycles. The third-order valence-electron chi connectivity index (χ3n) is 1.57. The average molecular weight is 135 g/mol. The van der Waals surface area contributed by atoms with Crippen molar-refractivity contribution >= 4 is 5.71 Å². The van der Waals surface area contributed by atoms with Crippen molar-refractivity contribution in [1.82, 2.24) is 0 Å². The first-order valence-corrected chi connectivity index (χ1v) is 3.77. The third kappa shape index (κ3) is 2.23. The topological polar surface area (TPSA) is 12.4 Å². The fourth-order valence-electron chi connectivity index (χ4n) is 1.11. The van der Waals surface area contributed by atoms with Gasteiger partial charge in [0.25, 0.3) is 0 Å². The molecule has 0 radical (unpaired) electrons. The lowest BCUT2D eigenvalue weighted by molar-refractivity contribution is 0.782. The standard InChI is InChI=1S/C9H13N/c1-8-5-3-4-6-10-9(2)7-8/h8H,4,6-7H2,1-2H3. The molecule has 1 unspecified atom stereocenters. The second-order valence-electron chi connectivity index (χ2n) is 2.79. The van der Waals surface area contributed by atoms with Gasteiger partial charge in [-0.05, 0) is 13.3 Å². The number of nitrogens with zero attached hydrogens (tertiary/aromatic N) is 1. The van der Waals surface area contributed by atoms with Gasteiger partial charge in [-0.3, -0.25) is 4.99 Å². The molecule has 1 atom stereocenters. The van der Waals surface area contributed by atoms with E-state index < -0.39 is 0 Å². The lowest BCUT2D eigenvalue weighted by Gasteiger charge is -2.05. The summed E-state index contributed by atoms with van der Waals surface area (Å²) in [5.74, 6) is 6.79. The second kappa shape index (κ2) is 3.41. The van der Waals surface area contributed by atoms with Crippen LogP contribution in [0.25, 0.3) is 0 Å². The summed E-state index contributed by atoms with van der Waals surface area (Å²) in [7, 11) is 0. The van der Waals surface area contributed by atoms with E-state index in [1.807, 2.05) is 0 Å². The smallest absolute Gasteiger partial charge is 0.0498 e. The van der Waals surface area contributed by atoms with Gasteiger partial charge in [-0.2, -0.15) is 0 Å². The normalized spacial score (nSPS) is 25.4. The first kappa shape index (κ1) is 7.34. The highest BCUT2D eigenvalue weighted by Gasteiger charge is 2.00. The molecule has 0 saturated carbocycles.